The first-order chi connectivity index (χ1) is 13.6. The van der Waals surface area contributed by atoms with Gasteiger partial charge in [0.15, 0.2) is 11.6 Å². The molecule has 0 heterocycles. The van der Waals surface area contributed by atoms with E-state index in [1.165, 1.54) is 24.3 Å². The number of aliphatic hydroxyl groups excluding tert-OH is 1. The number of rotatable bonds is 9. The molecule has 0 amide bonds. The molecular formula is C23H30FNO3. The van der Waals surface area contributed by atoms with Crippen LogP contribution in [0.5, 0.6) is 5.75 Å². The van der Waals surface area contributed by atoms with Crippen LogP contribution in [0.2, 0.25) is 0 Å². The molecule has 2 atom stereocenters. The Bertz CT molecular complexity index is 767. The predicted octanol–water partition coefficient (Wildman–Crippen LogP) is 4.11. The summed E-state index contributed by atoms with van der Waals surface area (Å²) in [5, 5.41) is 10.5. The van der Waals surface area contributed by atoms with Crippen LogP contribution in [0.25, 0.3) is 0 Å². The van der Waals surface area contributed by atoms with Gasteiger partial charge in [-0.15, -0.1) is 0 Å². The highest BCUT2D eigenvalue weighted by atomic mass is 19.1. The summed E-state index contributed by atoms with van der Waals surface area (Å²) in [7, 11) is 1.46. The van der Waals surface area contributed by atoms with Gasteiger partial charge in [0, 0.05) is 13.1 Å². The molecule has 0 aliphatic heterocycles. The zero-order valence-electron chi connectivity index (χ0n) is 16.7. The van der Waals surface area contributed by atoms with Gasteiger partial charge in [0.05, 0.1) is 25.9 Å². The maximum Gasteiger partial charge on any atom is 0.165 e. The van der Waals surface area contributed by atoms with Gasteiger partial charge in [-0.2, -0.15) is 0 Å². The lowest BCUT2D eigenvalue weighted by atomic mass is 9.89. The molecule has 2 unspecified atom stereocenters. The summed E-state index contributed by atoms with van der Waals surface area (Å²) >= 11 is 0. The molecule has 2 aromatic rings. The number of likely N-dealkylation sites (N-methyl/N-ethyl adjacent to an activating group) is 1. The molecule has 152 valence electrons. The lowest BCUT2D eigenvalue weighted by Crippen LogP contribution is -2.35. The maximum atomic E-state index is 13.9. The number of hydrogen-bond acceptors (Lipinski definition) is 4. The largest absolute Gasteiger partial charge is 0.494 e. The van der Waals surface area contributed by atoms with Gasteiger partial charge in [0.25, 0.3) is 0 Å². The Morgan fingerprint density at radius 2 is 2.07 bits per heavy atom. The van der Waals surface area contributed by atoms with Crippen molar-refractivity contribution in [3.63, 3.8) is 0 Å². The molecule has 1 aliphatic rings. The van der Waals surface area contributed by atoms with Crippen molar-refractivity contribution in [1.82, 2.24) is 4.90 Å². The molecule has 1 aliphatic carbocycles. The highest BCUT2D eigenvalue weighted by Crippen LogP contribution is 2.32. The van der Waals surface area contributed by atoms with Crippen molar-refractivity contribution in [1.29, 1.82) is 0 Å². The number of nitrogens with zero attached hydrogens (tertiary/aromatic N) is 1. The van der Waals surface area contributed by atoms with Crippen molar-refractivity contribution in [3.8, 4) is 5.75 Å². The first kappa shape index (κ1) is 20.8. The van der Waals surface area contributed by atoms with Crippen molar-refractivity contribution >= 4 is 0 Å². The number of benzene rings is 2. The minimum Gasteiger partial charge on any atom is -0.494 e. The monoisotopic (exact) mass is 387 g/mol. The van der Waals surface area contributed by atoms with E-state index in [2.05, 4.69) is 23.1 Å². The zero-order valence-corrected chi connectivity index (χ0v) is 16.7. The van der Waals surface area contributed by atoms with Crippen molar-refractivity contribution in [2.45, 2.75) is 44.9 Å². The lowest BCUT2D eigenvalue weighted by Gasteiger charge is -2.28. The molecule has 0 saturated heterocycles. The molecule has 0 aromatic heterocycles. The molecular weight excluding hydrogens is 357 g/mol. The minimum atomic E-state index is -0.586. The van der Waals surface area contributed by atoms with E-state index in [-0.39, 0.29) is 17.7 Å². The Morgan fingerprint density at radius 1 is 1.25 bits per heavy atom. The minimum absolute atomic E-state index is 0.0605. The number of methoxy groups -OCH3 is 1. The van der Waals surface area contributed by atoms with E-state index in [1.807, 2.05) is 19.1 Å². The summed E-state index contributed by atoms with van der Waals surface area (Å²) in [5.41, 5.74) is 3.46. The second kappa shape index (κ2) is 10.0. The Labute approximate surface area is 166 Å². The van der Waals surface area contributed by atoms with E-state index in [9.17, 15) is 9.50 Å². The summed E-state index contributed by atoms with van der Waals surface area (Å²) < 4.78 is 24.9. The second-order valence-corrected chi connectivity index (χ2v) is 7.36. The van der Waals surface area contributed by atoms with Crippen LogP contribution in [-0.4, -0.2) is 42.9 Å². The summed E-state index contributed by atoms with van der Waals surface area (Å²) in [6, 6.07) is 13.4. The van der Waals surface area contributed by atoms with Crippen LogP contribution >= 0.6 is 0 Å². The molecule has 1 N–H and O–H groups in total. The van der Waals surface area contributed by atoms with Gasteiger partial charge in [-0.3, -0.25) is 4.90 Å². The van der Waals surface area contributed by atoms with E-state index < -0.39 is 6.10 Å². The van der Waals surface area contributed by atoms with Crippen LogP contribution < -0.4 is 4.74 Å². The normalized spacial score (nSPS) is 17.4. The Hall–Kier alpha value is -1.95. The lowest BCUT2D eigenvalue weighted by molar-refractivity contribution is -0.0284. The number of fused-ring (bicyclic) bond motifs is 1. The Kier molecular flexibility index (Phi) is 7.43. The van der Waals surface area contributed by atoms with Gasteiger partial charge in [-0.25, -0.2) is 4.39 Å². The molecule has 3 rings (SSSR count). The van der Waals surface area contributed by atoms with Gasteiger partial charge in [0.1, 0.15) is 0 Å². The third-order valence-electron chi connectivity index (χ3n) is 5.34. The van der Waals surface area contributed by atoms with Gasteiger partial charge < -0.3 is 14.6 Å². The summed E-state index contributed by atoms with van der Waals surface area (Å²) in [6.07, 6.45) is 2.68. The number of hydrogen-bond donors (Lipinski definition) is 1. The van der Waals surface area contributed by atoms with Crippen LogP contribution in [0, 0.1) is 5.82 Å². The van der Waals surface area contributed by atoms with Crippen LogP contribution in [0.1, 0.15) is 42.6 Å². The SMILES string of the molecule is CCN(Cc1ccc(OC)c(F)c1)CC(O)COC1CCCc2ccccc21. The van der Waals surface area contributed by atoms with E-state index in [1.54, 1.807) is 6.07 Å². The Morgan fingerprint density at radius 3 is 2.82 bits per heavy atom. The number of aliphatic hydroxyl groups is 1. The first-order valence-corrected chi connectivity index (χ1v) is 10.0. The van der Waals surface area contributed by atoms with Crippen LogP contribution in [0.4, 0.5) is 4.39 Å². The highest BCUT2D eigenvalue weighted by molar-refractivity contribution is 5.31. The van der Waals surface area contributed by atoms with Crippen molar-refractivity contribution in [2.24, 2.45) is 0 Å². The summed E-state index contributed by atoms with van der Waals surface area (Å²) in [6.45, 7) is 4.15. The molecule has 2 aromatic carbocycles. The standard InChI is InChI=1S/C23H30FNO3/c1-3-25(14-17-11-12-23(27-2)21(24)13-17)15-19(26)16-28-22-10-6-8-18-7-4-5-9-20(18)22/h4-5,7,9,11-13,19,22,26H,3,6,8,10,14-16H2,1-2H3. The molecule has 5 heteroatoms. The fourth-order valence-corrected chi connectivity index (χ4v) is 3.83. The fourth-order valence-electron chi connectivity index (χ4n) is 3.83. The number of halogens is 1. The Balaban J connectivity index is 1.52. The predicted molar refractivity (Wildman–Crippen MR) is 108 cm³/mol. The van der Waals surface area contributed by atoms with E-state index in [4.69, 9.17) is 9.47 Å². The average Bonchev–Trinajstić information content (AvgIpc) is 2.72. The molecule has 4 nitrogen and oxygen atoms in total. The van der Waals surface area contributed by atoms with Crippen molar-refractivity contribution in [2.75, 3.05) is 26.8 Å². The van der Waals surface area contributed by atoms with Crippen LogP contribution in [-0.2, 0) is 17.7 Å². The maximum absolute atomic E-state index is 13.9. The van der Waals surface area contributed by atoms with E-state index >= 15 is 0 Å². The van der Waals surface area contributed by atoms with Gasteiger partial charge >= 0.3 is 0 Å². The molecule has 28 heavy (non-hydrogen) atoms. The van der Waals surface area contributed by atoms with Gasteiger partial charge in [-0.05, 0) is 54.6 Å². The topological polar surface area (TPSA) is 41.9 Å². The molecule has 0 spiro atoms. The highest BCUT2D eigenvalue weighted by Gasteiger charge is 2.22. The third kappa shape index (κ3) is 5.31. The van der Waals surface area contributed by atoms with Gasteiger partial charge in [0.2, 0.25) is 0 Å². The summed E-state index contributed by atoms with van der Waals surface area (Å²) in [5.74, 6) is -0.121. The smallest absolute Gasteiger partial charge is 0.165 e. The summed E-state index contributed by atoms with van der Waals surface area (Å²) in [4.78, 5) is 2.09. The number of ether oxygens (including phenoxy) is 2. The fraction of sp³-hybridized carbons (Fsp3) is 0.478. The second-order valence-electron chi connectivity index (χ2n) is 7.36. The van der Waals surface area contributed by atoms with E-state index in [0.29, 0.717) is 19.7 Å². The third-order valence-corrected chi connectivity index (χ3v) is 5.34. The zero-order chi connectivity index (χ0) is 19.9. The molecule has 0 radical (unpaired) electrons. The van der Waals surface area contributed by atoms with Gasteiger partial charge in [-0.1, -0.05) is 37.3 Å². The van der Waals surface area contributed by atoms with Crippen LogP contribution in [0.15, 0.2) is 42.5 Å². The molecule has 0 fully saturated rings. The quantitative estimate of drug-likeness (QED) is 0.703. The van der Waals surface area contributed by atoms with Crippen LogP contribution in [0.3, 0.4) is 0 Å². The molecule has 0 saturated carbocycles. The van der Waals surface area contributed by atoms with Crippen molar-refractivity contribution in [3.05, 3.63) is 65.0 Å². The van der Waals surface area contributed by atoms with E-state index in [0.717, 1.165) is 31.4 Å². The van der Waals surface area contributed by atoms with Crippen molar-refractivity contribution < 1.29 is 19.0 Å². The molecule has 0 bridgehead atoms. The number of aryl methyl sites for hydroxylation is 1. The average molecular weight is 387 g/mol. The first-order valence-electron chi connectivity index (χ1n) is 10.0.